The van der Waals surface area contributed by atoms with Crippen molar-refractivity contribution in [3.05, 3.63) is 29.8 Å². The topological polar surface area (TPSA) is 41.5 Å². The van der Waals surface area contributed by atoms with Crippen LogP contribution in [0, 0.1) is 5.92 Å². The molecule has 1 saturated heterocycles. The van der Waals surface area contributed by atoms with Crippen molar-refractivity contribution in [2.75, 3.05) is 19.7 Å². The standard InChI is InChI=1S/C13H16F3NO2/c14-13(15,16)10-3-1-2-4-12(10)19-8-11(18)9-5-6-17-7-9/h1-4,9,11,17-18H,5-8H2. The van der Waals surface area contributed by atoms with Crippen LogP contribution >= 0.6 is 0 Å². The van der Waals surface area contributed by atoms with E-state index in [9.17, 15) is 18.3 Å². The summed E-state index contributed by atoms with van der Waals surface area (Å²) in [7, 11) is 0. The smallest absolute Gasteiger partial charge is 0.419 e. The van der Waals surface area contributed by atoms with E-state index in [4.69, 9.17) is 4.74 Å². The van der Waals surface area contributed by atoms with E-state index < -0.39 is 17.8 Å². The third-order valence-electron chi connectivity index (χ3n) is 3.24. The van der Waals surface area contributed by atoms with Gasteiger partial charge in [0.15, 0.2) is 0 Å². The van der Waals surface area contributed by atoms with Gasteiger partial charge in [-0.25, -0.2) is 0 Å². The van der Waals surface area contributed by atoms with Crippen molar-refractivity contribution in [3.63, 3.8) is 0 Å². The fraction of sp³-hybridized carbons (Fsp3) is 0.538. The number of hydrogen-bond acceptors (Lipinski definition) is 3. The number of para-hydroxylation sites is 1. The molecule has 1 heterocycles. The van der Waals surface area contributed by atoms with E-state index in [1.54, 1.807) is 0 Å². The van der Waals surface area contributed by atoms with E-state index in [2.05, 4.69) is 5.32 Å². The van der Waals surface area contributed by atoms with Crippen LogP contribution in [0.1, 0.15) is 12.0 Å². The van der Waals surface area contributed by atoms with Crippen molar-refractivity contribution in [1.29, 1.82) is 0 Å². The normalized spacial score (nSPS) is 21.4. The van der Waals surface area contributed by atoms with Gasteiger partial charge in [0.25, 0.3) is 0 Å². The Hall–Kier alpha value is -1.27. The van der Waals surface area contributed by atoms with E-state index in [1.807, 2.05) is 0 Å². The van der Waals surface area contributed by atoms with Crippen LogP contribution in [0.5, 0.6) is 5.75 Å². The Bertz CT molecular complexity index is 417. The van der Waals surface area contributed by atoms with Crippen LogP contribution in [0.15, 0.2) is 24.3 Å². The van der Waals surface area contributed by atoms with Crippen molar-refractivity contribution in [3.8, 4) is 5.75 Å². The molecule has 3 nitrogen and oxygen atoms in total. The van der Waals surface area contributed by atoms with E-state index >= 15 is 0 Å². The zero-order chi connectivity index (χ0) is 13.9. The number of alkyl halides is 3. The van der Waals surface area contributed by atoms with Crippen LogP contribution in [-0.4, -0.2) is 30.9 Å². The molecular weight excluding hydrogens is 259 g/mol. The summed E-state index contributed by atoms with van der Waals surface area (Å²) in [5.74, 6) is -0.196. The Labute approximate surface area is 109 Å². The molecule has 19 heavy (non-hydrogen) atoms. The highest BCUT2D eigenvalue weighted by Gasteiger charge is 2.34. The third-order valence-corrected chi connectivity index (χ3v) is 3.24. The Balaban J connectivity index is 1.99. The number of ether oxygens (including phenoxy) is 1. The van der Waals surface area contributed by atoms with Gasteiger partial charge in [-0.15, -0.1) is 0 Å². The highest BCUT2D eigenvalue weighted by Crippen LogP contribution is 2.36. The number of hydrogen-bond donors (Lipinski definition) is 2. The lowest BCUT2D eigenvalue weighted by Gasteiger charge is -2.19. The molecule has 0 aliphatic carbocycles. The highest BCUT2D eigenvalue weighted by molar-refractivity contribution is 5.35. The zero-order valence-electron chi connectivity index (χ0n) is 10.3. The maximum Gasteiger partial charge on any atom is 0.419 e. The summed E-state index contributed by atoms with van der Waals surface area (Å²) >= 11 is 0. The first-order chi connectivity index (χ1) is 8.98. The summed E-state index contributed by atoms with van der Waals surface area (Å²) in [6.45, 7) is 1.37. The lowest BCUT2D eigenvalue weighted by atomic mass is 10.0. The van der Waals surface area contributed by atoms with Crippen LogP contribution < -0.4 is 10.1 Å². The average Bonchev–Trinajstić information content (AvgIpc) is 2.89. The van der Waals surface area contributed by atoms with Crippen LogP contribution in [0.25, 0.3) is 0 Å². The number of halogens is 3. The fourth-order valence-corrected chi connectivity index (χ4v) is 2.14. The summed E-state index contributed by atoms with van der Waals surface area (Å²) in [5, 5.41) is 12.9. The van der Waals surface area contributed by atoms with E-state index in [0.717, 1.165) is 19.0 Å². The van der Waals surface area contributed by atoms with Crippen LogP contribution in [0.2, 0.25) is 0 Å². The van der Waals surface area contributed by atoms with E-state index in [1.165, 1.54) is 18.2 Å². The van der Waals surface area contributed by atoms with Crippen molar-refractivity contribution in [1.82, 2.24) is 5.32 Å². The molecular formula is C13H16F3NO2. The van der Waals surface area contributed by atoms with Crippen molar-refractivity contribution in [2.45, 2.75) is 18.7 Å². The molecule has 0 saturated carbocycles. The molecule has 6 heteroatoms. The molecule has 0 aromatic heterocycles. The Morgan fingerprint density at radius 3 is 2.74 bits per heavy atom. The van der Waals surface area contributed by atoms with Crippen molar-refractivity contribution < 1.29 is 23.0 Å². The molecule has 2 atom stereocenters. The maximum atomic E-state index is 12.7. The summed E-state index contributed by atoms with van der Waals surface area (Å²) < 4.78 is 43.3. The van der Waals surface area contributed by atoms with Gasteiger partial charge in [0.2, 0.25) is 0 Å². The number of aliphatic hydroxyl groups is 1. The molecule has 1 fully saturated rings. The predicted molar refractivity (Wildman–Crippen MR) is 63.9 cm³/mol. The van der Waals surface area contributed by atoms with Gasteiger partial charge in [-0.05, 0) is 25.1 Å². The molecule has 2 rings (SSSR count). The largest absolute Gasteiger partial charge is 0.490 e. The third kappa shape index (κ3) is 3.61. The number of aliphatic hydroxyl groups excluding tert-OH is 1. The second-order valence-corrected chi connectivity index (χ2v) is 4.63. The summed E-state index contributed by atoms with van der Waals surface area (Å²) in [4.78, 5) is 0. The molecule has 1 aromatic rings. The zero-order valence-corrected chi connectivity index (χ0v) is 10.3. The molecule has 1 aliphatic rings. The molecule has 0 radical (unpaired) electrons. The number of benzene rings is 1. The summed E-state index contributed by atoms with van der Waals surface area (Å²) in [5.41, 5.74) is -0.813. The lowest BCUT2D eigenvalue weighted by Crippen LogP contribution is -2.29. The van der Waals surface area contributed by atoms with Gasteiger partial charge in [0, 0.05) is 12.5 Å². The van der Waals surface area contributed by atoms with Gasteiger partial charge >= 0.3 is 6.18 Å². The second-order valence-electron chi connectivity index (χ2n) is 4.63. The molecule has 1 aliphatic heterocycles. The maximum absolute atomic E-state index is 12.7. The van der Waals surface area contributed by atoms with E-state index in [0.29, 0.717) is 6.54 Å². The average molecular weight is 275 g/mol. The second kappa shape index (κ2) is 5.79. The summed E-state index contributed by atoms with van der Waals surface area (Å²) in [6.07, 6.45) is -4.39. The van der Waals surface area contributed by atoms with Crippen molar-refractivity contribution in [2.24, 2.45) is 5.92 Å². The summed E-state index contributed by atoms with van der Waals surface area (Å²) in [6, 6.07) is 5.03. The monoisotopic (exact) mass is 275 g/mol. The molecule has 1 aromatic carbocycles. The van der Waals surface area contributed by atoms with Crippen LogP contribution in [0.4, 0.5) is 13.2 Å². The molecule has 0 bridgehead atoms. The van der Waals surface area contributed by atoms with E-state index in [-0.39, 0.29) is 18.3 Å². The molecule has 2 unspecified atom stereocenters. The quantitative estimate of drug-likeness (QED) is 0.883. The number of rotatable bonds is 4. The Morgan fingerprint density at radius 1 is 1.37 bits per heavy atom. The first kappa shape index (κ1) is 14.1. The van der Waals surface area contributed by atoms with Gasteiger partial charge in [-0.3, -0.25) is 0 Å². The van der Waals surface area contributed by atoms with Crippen LogP contribution in [0.3, 0.4) is 0 Å². The van der Waals surface area contributed by atoms with Gasteiger partial charge < -0.3 is 15.2 Å². The molecule has 2 N–H and O–H groups in total. The minimum atomic E-state index is -4.45. The molecule has 106 valence electrons. The van der Waals surface area contributed by atoms with Gasteiger partial charge in [0.05, 0.1) is 11.7 Å². The van der Waals surface area contributed by atoms with Crippen LogP contribution in [-0.2, 0) is 6.18 Å². The van der Waals surface area contributed by atoms with Gasteiger partial charge in [0.1, 0.15) is 12.4 Å². The first-order valence-electron chi connectivity index (χ1n) is 6.16. The lowest BCUT2D eigenvalue weighted by molar-refractivity contribution is -0.139. The Kier molecular flexibility index (Phi) is 4.31. The minimum Gasteiger partial charge on any atom is -0.490 e. The van der Waals surface area contributed by atoms with Gasteiger partial charge in [-0.1, -0.05) is 12.1 Å². The molecule has 0 spiro atoms. The Morgan fingerprint density at radius 2 is 2.11 bits per heavy atom. The SMILES string of the molecule is OC(COc1ccccc1C(F)(F)F)C1CCNC1. The van der Waals surface area contributed by atoms with Gasteiger partial charge in [-0.2, -0.15) is 13.2 Å². The predicted octanol–water partition coefficient (Wildman–Crippen LogP) is 2.05. The first-order valence-corrected chi connectivity index (χ1v) is 6.16. The number of nitrogens with one attached hydrogen (secondary N) is 1. The fourth-order valence-electron chi connectivity index (χ4n) is 2.14. The van der Waals surface area contributed by atoms with Crippen molar-refractivity contribution >= 4 is 0 Å². The minimum absolute atomic E-state index is 0.0399. The highest BCUT2D eigenvalue weighted by atomic mass is 19.4. The molecule has 0 amide bonds.